The Labute approximate surface area is 259 Å². The van der Waals surface area contributed by atoms with Gasteiger partial charge in [0.25, 0.3) is 0 Å². The number of Topliss-reactive ketones (excluding diaryl/α,β-unsaturated/α-hetero) is 1. The fourth-order valence-electron chi connectivity index (χ4n) is 7.68. The van der Waals surface area contributed by atoms with Gasteiger partial charge in [-0.1, -0.05) is 39.8 Å². The highest BCUT2D eigenvalue weighted by molar-refractivity contribution is 5.96. The van der Waals surface area contributed by atoms with Crippen LogP contribution in [0.3, 0.4) is 0 Å². The number of rotatable bonds is 6. The van der Waals surface area contributed by atoms with E-state index < -0.39 is 82.7 Å². The summed E-state index contributed by atoms with van der Waals surface area (Å²) >= 11 is 0. The van der Waals surface area contributed by atoms with E-state index in [4.69, 9.17) is 23.7 Å². The van der Waals surface area contributed by atoms with Crippen LogP contribution in [0.1, 0.15) is 82.6 Å². The van der Waals surface area contributed by atoms with E-state index >= 15 is 0 Å². The monoisotopic (exact) mass is 614 g/mol. The molecule has 0 N–H and O–H groups in total. The molecule has 3 aliphatic carbocycles. The number of hydrogen-bond donors (Lipinski definition) is 0. The second-order valence-electron chi connectivity index (χ2n) is 13.6. The number of carbonyl (C=O) groups excluding carboxylic acids is 5. The van der Waals surface area contributed by atoms with Crippen molar-refractivity contribution in [2.24, 2.45) is 29.1 Å². The molecule has 242 valence electrons. The lowest BCUT2D eigenvalue weighted by molar-refractivity contribution is -0.164. The van der Waals surface area contributed by atoms with Crippen LogP contribution >= 0.6 is 0 Å². The first-order valence-electron chi connectivity index (χ1n) is 15.4. The summed E-state index contributed by atoms with van der Waals surface area (Å²) in [6.45, 7) is 18.6. The van der Waals surface area contributed by atoms with Crippen molar-refractivity contribution < 1.29 is 47.7 Å². The van der Waals surface area contributed by atoms with Crippen molar-refractivity contribution in [3.8, 4) is 0 Å². The summed E-state index contributed by atoms with van der Waals surface area (Å²) in [6, 6.07) is 0. The van der Waals surface area contributed by atoms with E-state index in [2.05, 4.69) is 0 Å². The molecule has 0 aromatic rings. The molecular formula is C34H46O10. The first kappa shape index (κ1) is 33.6. The summed E-state index contributed by atoms with van der Waals surface area (Å²) in [5.41, 5.74) is -2.05. The minimum absolute atomic E-state index is 0.245. The van der Waals surface area contributed by atoms with Crippen molar-refractivity contribution >= 4 is 29.7 Å². The fourth-order valence-corrected chi connectivity index (χ4v) is 7.68. The average molecular weight is 615 g/mol. The Morgan fingerprint density at radius 2 is 1.36 bits per heavy atom. The minimum Gasteiger partial charge on any atom is -0.461 e. The average Bonchev–Trinajstić information content (AvgIpc) is 3.74. The summed E-state index contributed by atoms with van der Waals surface area (Å²) < 4.78 is 30.4. The van der Waals surface area contributed by atoms with E-state index in [0.29, 0.717) is 16.7 Å². The predicted molar refractivity (Wildman–Crippen MR) is 159 cm³/mol. The molecule has 0 aromatic heterocycles. The Balaban J connectivity index is 1.98. The lowest BCUT2D eigenvalue weighted by atomic mass is 9.80. The Hall–Kier alpha value is -3.27. The minimum atomic E-state index is -1.34. The van der Waals surface area contributed by atoms with Gasteiger partial charge in [0.05, 0.1) is 5.92 Å². The molecule has 0 radical (unpaired) electrons. The van der Waals surface area contributed by atoms with Crippen molar-refractivity contribution in [1.82, 2.24) is 0 Å². The van der Waals surface area contributed by atoms with Gasteiger partial charge in [-0.15, -0.1) is 0 Å². The van der Waals surface area contributed by atoms with Crippen molar-refractivity contribution in [3.63, 3.8) is 0 Å². The lowest BCUT2D eigenvalue weighted by Crippen LogP contribution is -2.43. The molecule has 0 amide bonds. The summed E-state index contributed by atoms with van der Waals surface area (Å²) in [7, 11) is 0. The van der Waals surface area contributed by atoms with E-state index in [1.54, 1.807) is 59.8 Å². The zero-order chi connectivity index (χ0) is 33.1. The molecule has 1 aliphatic heterocycles. The highest BCUT2D eigenvalue weighted by Gasteiger charge is 2.84. The molecule has 44 heavy (non-hydrogen) atoms. The molecule has 0 spiro atoms. The normalized spacial score (nSPS) is 40.5. The number of ether oxygens (including phenoxy) is 5. The first-order valence-corrected chi connectivity index (χ1v) is 15.4. The molecule has 1 unspecified atom stereocenters. The van der Waals surface area contributed by atoms with E-state index in [9.17, 15) is 24.0 Å². The maximum absolute atomic E-state index is 14.5. The SMILES string of the molecule is C/C=C(\C)C(=O)OC1[C@H](OC(=O)/C(C)=C/C)/C(C)=C/[C@@]23O[C@@]2(C[C@H](C)[C@@H]3OC(C)=O)C(=O)[C@H](C)[C@H](OC(C)=O)[C@@H]2[C@H]1C2(C)C. The van der Waals surface area contributed by atoms with Crippen LogP contribution in [0.25, 0.3) is 0 Å². The summed E-state index contributed by atoms with van der Waals surface area (Å²) in [5, 5.41) is 0. The maximum Gasteiger partial charge on any atom is 0.334 e. The molecule has 4 rings (SSSR count). The van der Waals surface area contributed by atoms with Gasteiger partial charge in [-0.2, -0.15) is 0 Å². The number of ketones is 1. The topological polar surface area (TPSA) is 135 Å². The van der Waals surface area contributed by atoms with E-state index in [1.165, 1.54) is 13.8 Å². The molecular weight excluding hydrogens is 568 g/mol. The predicted octanol–water partition coefficient (Wildman–Crippen LogP) is 4.59. The Kier molecular flexibility index (Phi) is 8.85. The van der Waals surface area contributed by atoms with E-state index in [1.807, 2.05) is 20.8 Å². The van der Waals surface area contributed by atoms with Crippen molar-refractivity contribution in [1.29, 1.82) is 0 Å². The standard InChI is InChI=1S/C34H46O10/c1-12-16(3)30(38)42-25-18(5)14-34-29(41-22(9)36)19(6)15-33(34,44-34)28(37)20(7)26(40-21(8)35)23-24(32(23,10)11)27(25)43-31(39)17(4)13-2/h12-14,19-20,23-27,29H,15H2,1-11H3/b16-12+,17-13+,18-14+/t19-,20+,23-,24+,25+,26-,27?,29-,33-,34-/m0/s1. The fraction of sp³-hybridized carbons (Fsp3) is 0.676. The summed E-state index contributed by atoms with van der Waals surface area (Å²) in [6.07, 6.45) is 1.49. The second kappa shape index (κ2) is 11.6. The smallest absolute Gasteiger partial charge is 0.334 e. The highest BCUT2D eigenvalue weighted by atomic mass is 16.7. The van der Waals surface area contributed by atoms with Crippen LogP contribution in [0.5, 0.6) is 0 Å². The third kappa shape index (κ3) is 5.33. The molecule has 10 nitrogen and oxygen atoms in total. The molecule has 0 aromatic carbocycles. The molecule has 10 atom stereocenters. The van der Waals surface area contributed by atoms with Gasteiger partial charge in [-0.25, -0.2) is 9.59 Å². The molecule has 1 saturated heterocycles. The zero-order valence-corrected chi connectivity index (χ0v) is 27.6. The van der Waals surface area contributed by atoms with Gasteiger partial charge in [0.15, 0.2) is 23.1 Å². The maximum atomic E-state index is 14.5. The number of allylic oxidation sites excluding steroid dienone is 2. The molecule has 4 aliphatic rings. The zero-order valence-electron chi connectivity index (χ0n) is 27.6. The molecule has 1 heterocycles. The van der Waals surface area contributed by atoms with Crippen molar-refractivity contribution in [3.05, 3.63) is 34.9 Å². The molecule has 0 bridgehead atoms. The number of epoxide rings is 1. The van der Waals surface area contributed by atoms with Gasteiger partial charge in [-0.05, 0) is 64.0 Å². The van der Waals surface area contributed by atoms with Crippen LogP contribution in [0.2, 0.25) is 0 Å². The quantitative estimate of drug-likeness (QED) is 0.137. The number of hydrogen-bond acceptors (Lipinski definition) is 10. The number of esters is 4. The third-order valence-corrected chi connectivity index (χ3v) is 10.3. The van der Waals surface area contributed by atoms with Gasteiger partial charge in [0, 0.05) is 36.8 Å². The Bertz CT molecular complexity index is 1350. The second-order valence-corrected chi connectivity index (χ2v) is 13.6. The van der Waals surface area contributed by atoms with Crippen LogP contribution in [0.4, 0.5) is 0 Å². The molecule has 10 heteroatoms. The van der Waals surface area contributed by atoms with Crippen LogP contribution in [0.15, 0.2) is 34.9 Å². The van der Waals surface area contributed by atoms with Gasteiger partial charge in [0.1, 0.15) is 18.3 Å². The summed E-state index contributed by atoms with van der Waals surface area (Å²) in [5.74, 6) is -4.43. The summed E-state index contributed by atoms with van der Waals surface area (Å²) in [4.78, 5) is 65.8. The largest absolute Gasteiger partial charge is 0.461 e. The van der Waals surface area contributed by atoms with Crippen molar-refractivity contribution in [2.75, 3.05) is 0 Å². The van der Waals surface area contributed by atoms with Gasteiger partial charge < -0.3 is 23.7 Å². The van der Waals surface area contributed by atoms with Crippen molar-refractivity contribution in [2.45, 2.75) is 118 Å². The van der Waals surface area contributed by atoms with Crippen LogP contribution in [0, 0.1) is 29.1 Å². The Morgan fingerprint density at radius 3 is 1.89 bits per heavy atom. The molecule has 2 saturated carbocycles. The highest BCUT2D eigenvalue weighted by Crippen LogP contribution is 2.69. The third-order valence-electron chi connectivity index (χ3n) is 10.3. The lowest BCUT2D eigenvalue weighted by Gasteiger charge is -2.31. The van der Waals surface area contributed by atoms with Crippen LogP contribution in [-0.2, 0) is 47.7 Å². The Morgan fingerprint density at radius 1 is 0.841 bits per heavy atom. The number of carbonyl (C=O) groups is 5. The van der Waals surface area contributed by atoms with E-state index in [0.717, 1.165) is 0 Å². The molecule has 3 fully saturated rings. The van der Waals surface area contributed by atoms with Crippen LogP contribution in [-0.4, -0.2) is 65.3 Å². The first-order chi connectivity index (χ1) is 20.4. The van der Waals surface area contributed by atoms with Gasteiger partial charge in [0.2, 0.25) is 0 Å². The van der Waals surface area contributed by atoms with Gasteiger partial charge in [-0.3, -0.25) is 14.4 Å². The van der Waals surface area contributed by atoms with Crippen LogP contribution < -0.4 is 0 Å². The number of fused-ring (bicyclic) bond motifs is 1. The van der Waals surface area contributed by atoms with E-state index in [-0.39, 0.29) is 18.1 Å². The van der Waals surface area contributed by atoms with Gasteiger partial charge >= 0.3 is 23.9 Å².